The minimum Gasteiger partial charge on any atom is -0.303 e. The van der Waals surface area contributed by atoms with Crippen molar-refractivity contribution < 1.29 is 9.59 Å². The maximum Gasteiger partial charge on any atom is 0.325 e. The third-order valence-corrected chi connectivity index (χ3v) is 5.26. The van der Waals surface area contributed by atoms with Crippen LogP contribution in [-0.4, -0.2) is 27.4 Å². The molecule has 1 N–H and O–H groups in total. The molecular formula is C13H17N3O2S. The van der Waals surface area contributed by atoms with Crippen molar-refractivity contribution in [3.05, 3.63) is 15.6 Å². The topological polar surface area (TPSA) is 62.3 Å². The summed E-state index contributed by atoms with van der Waals surface area (Å²) < 4.78 is 0. The average Bonchev–Trinajstić information content (AvgIpc) is 3.00. The molecule has 1 aliphatic carbocycles. The van der Waals surface area contributed by atoms with E-state index in [0.717, 1.165) is 36.4 Å². The van der Waals surface area contributed by atoms with Crippen molar-refractivity contribution in [2.75, 3.05) is 0 Å². The molecule has 2 heterocycles. The third kappa shape index (κ3) is 1.85. The van der Waals surface area contributed by atoms with Crippen molar-refractivity contribution in [2.24, 2.45) is 0 Å². The highest BCUT2D eigenvalue weighted by molar-refractivity contribution is 7.11. The van der Waals surface area contributed by atoms with Gasteiger partial charge in [-0.1, -0.05) is 12.8 Å². The van der Waals surface area contributed by atoms with Crippen LogP contribution in [0.5, 0.6) is 0 Å². The highest BCUT2D eigenvalue weighted by Crippen LogP contribution is 2.39. The van der Waals surface area contributed by atoms with Crippen LogP contribution in [0.3, 0.4) is 0 Å². The van der Waals surface area contributed by atoms with Crippen molar-refractivity contribution in [3.8, 4) is 0 Å². The number of imide groups is 1. The van der Waals surface area contributed by atoms with Crippen molar-refractivity contribution in [1.82, 2.24) is 15.2 Å². The minimum atomic E-state index is -0.607. The number of rotatable bonds is 2. The van der Waals surface area contributed by atoms with E-state index in [-0.39, 0.29) is 11.9 Å². The van der Waals surface area contributed by atoms with Gasteiger partial charge in [0.15, 0.2) is 0 Å². The molecule has 2 fully saturated rings. The zero-order valence-corrected chi connectivity index (χ0v) is 12.0. The molecule has 0 radical (unpaired) electrons. The number of nitrogens with one attached hydrogen (secondary N) is 1. The molecular weight excluding hydrogens is 262 g/mol. The van der Waals surface area contributed by atoms with Gasteiger partial charge in [-0.15, -0.1) is 11.3 Å². The molecule has 3 rings (SSSR count). The smallest absolute Gasteiger partial charge is 0.303 e. The van der Waals surface area contributed by atoms with E-state index in [4.69, 9.17) is 0 Å². The number of hydrogen-bond donors (Lipinski definition) is 1. The molecule has 1 saturated carbocycles. The summed E-state index contributed by atoms with van der Waals surface area (Å²) in [7, 11) is 0. The molecule has 0 unspecified atom stereocenters. The molecule has 19 heavy (non-hydrogen) atoms. The summed E-state index contributed by atoms with van der Waals surface area (Å²) in [6.07, 6.45) is 3.56. The summed E-state index contributed by atoms with van der Waals surface area (Å²) in [6.45, 7) is 4.43. The zero-order chi connectivity index (χ0) is 13.6. The van der Waals surface area contributed by atoms with Crippen LogP contribution in [0.1, 0.15) is 41.3 Å². The molecule has 1 spiro atoms. The van der Waals surface area contributed by atoms with Gasteiger partial charge in [-0.3, -0.25) is 10.1 Å². The van der Waals surface area contributed by atoms with Crippen LogP contribution in [0.2, 0.25) is 0 Å². The molecule has 1 aromatic rings. The Morgan fingerprint density at radius 3 is 2.58 bits per heavy atom. The Kier molecular flexibility index (Phi) is 2.85. The number of carbonyl (C=O) groups excluding carboxylic acids is 2. The Balaban J connectivity index is 1.89. The van der Waals surface area contributed by atoms with Gasteiger partial charge >= 0.3 is 6.03 Å². The van der Waals surface area contributed by atoms with Gasteiger partial charge in [0.25, 0.3) is 5.91 Å². The first kappa shape index (κ1) is 12.6. The molecule has 2 aliphatic rings. The standard InChI is InChI=1S/C13H17N3O2S/c1-8-9(2)19-10(14-8)7-16-12(18)15-11(17)13(16)5-3-4-6-13/h3-7H2,1-2H3,(H,15,17,18). The molecule has 1 aromatic heterocycles. The number of hydrogen-bond acceptors (Lipinski definition) is 4. The van der Waals surface area contributed by atoms with Crippen LogP contribution in [0.15, 0.2) is 0 Å². The summed E-state index contributed by atoms with van der Waals surface area (Å²) in [5, 5.41) is 3.37. The number of thiazole rings is 1. The Morgan fingerprint density at radius 1 is 1.32 bits per heavy atom. The lowest BCUT2D eigenvalue weighted by Gasteiger charge is -2.30. The Labute approximate surface area is 116 Å². The molecule has 0 bridgehead atoms. The molecule has 0 atom stereocenters. The van der Waals surface area contributed by atoms with Gasteiger partial charge in [0.05, 0.1) is 12.2 Å². The first-order valence-corrected chi connectivity index (χ1v) is 7.40. The van der Waals surface area contributed by atoms with Crippen LogP contribution in [0, 0.1) is 13.8 Å². The maximum atomic E-state index is 12.1. The number of nitrogens with zero attached hydrogens (tertiary/aromatic N) is 2. The highest BCUT2D eigenvalue weighted by Gasteiger charge is 2.54. The van der Waals surface area contributed by atoms with Crippen molar-refractivity contribution in [2.45, 2.75) is 51.6 Å². The summed E-state index contributed by atoms with van der Waals surface area (Å²) in [5.41, 5.74) is 0.399. The Bertz CT molecular complexity index is 527. The lowest BCUT2D eigenvalue weighted by Crippen LogP contribution is -2.46. The molecule has 1 saturated heterocycles. The van der Waals surface area contributed by atoms with Gasteiger partial charge in [-0.05, 0) is 26.7 Å². The fraction of sp³-hybridized carbons (Fsp3) is 0.615. The number of amides is 3. The van der Waals surface area contributed by atoms with Crippen LogP contribution in [0.25, 0.3) is 0 Å². The van der Waals surface area contributed by atoms with Crippen molar-refractivity contribution >= 4 is 23.3 Å². The fourth-order valence-corrected chi connectivity index (χ4v) is 3.94. The molecule has 102 valence electrons. The van der Waals surface area contributed by atoms with Crippen molar-refractivity contribution in [1.29, 1.82) is 0 Å². The fourth-order valence-electron chi connectivity index (χ4n) is 3.02. The van der Waals surface area contributed by atoms with Gasteiger partial charge < -0.3 is 4.90 Å². The van der Waals surface area contributed by atoms with E-state index in [2.05, 4.69) is 10.3 Å². The van der Waals surface area contributed by atoms with E-state index in [1.165, 1.54) is 4.88 Å². The van der Waals surface area contributed by atoms with Crippen LogP contribution in [0.4, 0.5) is 4.79 Å². The molecule has 6 heteroatoms. The summed E-state index contributed by atoms with van der Waals surface area (Å²) in [4.78, 5) is 31.4. The van der Waals surface area contributed by atoms with E-state index in [1.54, 1.807) is 16.2 Å². The molecule has 5 nitrogen and oxygen atoms in total. The third-order valence-electron chi connectivity index (χ3n) is 4.20. The van der Waals surface area contributed by atoms with E-state index in [1.807, 2.05) is 13.8 Å². The largest absolute Gasteiger partial charge is 0.325 e. The molecule has 3 amide bonds. The lowest BCUT2D eigenvalue weighted by atomic mass is 9.96. The molecule has 0 aromatic carbocycles. The maximum absolute atomic E-state index is 12.1. The second-order valence-corrected chi connectivity index (χ2v) is 6.62. The van der Waals surface area contributed by atoms with Gasteiger partial charge in [0, 0.05) is 4.88 Å². The number of carbonyl (C=O) groups is 2. The van der Waals surface area contributed by atoms with Gasteiger partial charge in [-0.25, -0.2) is 9.78 Å². The lowest BCUT2D eigenvalue weighted by molar-refractivity contribution is -0.126. The van der Waals surface area contributed by atoms with E-state index in [0.29, 0.717) is 6.54 Å². The summed E-state index contributed by atoms with van der Waals surface area (Å²) >= 11 is 1.60. The van der Waals surface area contributed by atoms with Crippen LogP contribution >= 0.6 is 11.3 Å². The number of aryl methyl sites for hydroxylation is 2. The minimum absolute atomic E-state index is 0.125. The quantitative estimate of drug-likeness (QED) is 0.844. The first-order valence-electron chi connectivity index (χ1n) is 6.59. The van der Waals surface area contributed by atoms with E-state index >= 15 is 0 Å². The van der Waals surface area contributed by atoms with Crippen LogP contribution < -0.4 is 5.32 Å². The van der Waals surface area contributed by atoms with Gasteiger partial charge in [0.2, 0.25) is 0 Å². The van der Waals surface area contributed by atoms with Crippen molar-refractivity contribution in [3.63, 3.8) is 0 Å². The Morgan fingerprint density at radius 2 is 2.00 bits per heavy atom. The normalized spacial score (nSPS) is 21.5. The molecule has 1 aliphatic heterocycles. The highest BCUT2D eigenvalue weighted by atomic mass is 32.1. The number of aromatic nitrogens is 1. The van der Waals surface area contributed by atoms with Gasteiger partial charge in [-0.2, -0.15) is 0 Å². The second-order valence-electron chi connectivity index (χ2n) is 5.33. The first-order chi connectivity index (χ1) is 9.03. The van der Waals surface area contributed by atoms with Gasteiger partial charge in [0.1, 0.15) is 10.5 Å². The Hall–Kier alpha value is -1.43. The monoisotopic (exact) mass is 279 g/mol. The van der Waals surface area contributed by atoms with E-state index in [9.17, 15) is 9.59 Å². The van der Waals surface area contributed by atoms with E-state index < -0.39 is 5.54 Å². The zero-order valence-electron chi connectivity index (χ0n) is 11.2. The predicted octanol–water partition coefficient (Wildman–Crippen LogP) is 2.12. The van der Waals surface area contributed by atoms with Crippen LogP contribution in [-0.2, 0) is 11.3 Å². The summed E-state index contributed by atoms with van der Waals surface area (Å²) in [5.74, 6) is -0.125. The average molecular weight is 279 g/mol. The second kappa shape index (κ2) is 4.30. The predicted molar refractivity (Wildman–Crippen MR) is 71.9 cm³/mol. The SMILES string of the molecule is Cc1nc(CN2C(=O)NC(=O)C23CCCC3)sc1C. The number of urea groups is 1. The summed E-state index contributed by atoms with van der Waals surface area (Å²) in [6, 6.07) is -0.266.